The second-order valence-electron chi connectivity index (χ2n) is 6.08. The maximum absolute atomic E-state index is 12.2. The monoisotopic (exact) mass is 338 g/mol. The number of carbonyl (C=O) groups excluding carboxylic acids is 2. The van der Waals surface area contributed by atoms with Crippen LogP contribution in [0, 0.1) is 5.92 Å². The molecule has 0 bridgehead atoms. The van der Waals surface area contributed by atoms with E-state index in [0.717, 1.165) is 0 Å². The van der Waals surface area contributed by atoms with Gasteiger partial charge in [0.2, 0.25) is 5.91 Å². The lowest BCUT2D eigenvalue weighted by atomic mass is 10.0. The minimum atomic E-state index is -0.891. The highest BCUT2D eigenvalue weighted by Crippen LogP contribution is 2.25. The third kappa shape index (κ3) is 6.08. The first-order valence-corrected chi connectivity index (χ1v) is 7.98. The Labute approximate surface area is 141 Å². The van der Waals surface area contributed by atoms with Crippen LogP contribution < -0.4 is 11.1 Å². The van der Waals surface area contributed by atoms with Crippen molar-refractivity contribution in [3.63, 3.8) is 0 Å². The summed E-state index contributed by atoms with van der Waals surface area (Å²) in [5.41, 5.74) is 6.48. The second kappa shape index (κ2) is 9.12. The number of hydrogen-bond acceptors (Lipinski definition) is 6. The predicted octanol–water partition coefficient (Wildman–Crippen LogP) is 1.06. The number of aromatic hydroxyl groups is 2. The van der Waals surface area contributed by atoms with Crippen LogP contribution in [0.5, 0.6) is 11.5 Å². The maximum atomic E-state index is 12.2. The number of amides is 1. The van der Waals surface area contributed by atoms with Gasteiger partial charge in [0.25, 0.3) is 0 Å². The lowest BCUT2D eigenvalue weighted by Crippen LogP contribution is -2.50. The summed E-state index contributed by atoms with van der Waals surface area (Å²) in [6.07, 6.45) is 0.619. The van der Waals surface area contributed by atoms with Crippen molar-refractivity contribution >= 4 is 11.9 Å². The fourth-order valence-electron chi connectivity index (χ4n) is 2.25. The fraction of sp³-hybridized carbons (Fsp3) is 0.529. The highest BCUT2D eigenvalue weighted by atomic mass is 16.5. The third-order valence-electron chi connectivity index (χ3n) is 3.43. The zero-order valence-electron chi connectivity index (χ0n) is 14.3. The Bertz CT molecular complexity index is 574. The van der Waals surface area contributed by atoms with Gasteiger partial charge in [0.15, 0.2) is 11.5 Å². The van der Waals surface area contributed by atoms with E-state index in [1.807, 2.05) is 13.8 Å². The normalized spacial score (nSPS) is 13.4. The van der Waals surface area contributed by atoms with E-state index in [1.165, 1.54) is 12.1 Å². The molecule has 0 heterocycles. The Morgan fingerprint density at radius 3 is 2.46 bits per heavy atom. The zero-order valence-corrected chi connectivity index (χ0v) is 14.3. The summed E-state index contributed by atoms with van der Waals surface area (Å²) in [6, 6.07) is 2.61. The predicted molar refractivity (Wildman–Crippen MR) is 89.5 cm³/mol. The molecule has 0 radical (unpaired) electrons. The number of benzene rings is 1. The van der Waals surface area contributed by atoms with Crippen molar-refractivity contribution in [1.82, 2.24) is 5.32 Å². The number of esters is 1. The first kappa shape index (κ1) is 19.8. The summed E-state index contributed by atoms with van der Waals surface area (Å²) < 4.78 is 4.98. The van der Waals surface area contributed by atoms with Gasteiger partial charge >= 0.3 is 5.97 Å². The van der Waals surface area contributed by atoms with E-state index < -0.39 is 24.0 Å². The Balaban J connectivity index is 2.71. The standard InChI is InChI=1S/C17H26N2O5/c1-4-24-17(23)13(7-10(2)3)19-16(22)12(18)8-11-5-6-14(20)15(21)9-11/h5-6,9-10,12-13,20-21H,4,7-8,18H2,1-3H3,(H,19,22)/t12-,13-/m0/s1. The first-order chi connectivity index (χ1) is 11.2. The molecule has 0 unspecified atom stereocenters. The molecule has 0 fully saturated rings. The molecule has 1 rings (SSSR count). The van der Waals surface area contributed by atoms with E-state index >= 15 is 0 Å². The van der Waals surface area contributed by atoms with Crippen molar-refractivity contribution in [2.24, 2.45) is 11.7 Å². The molecule has 0 saturated carbocycles. The van der Waals surface area contributed by atoms with Crippen molar-refractivity contribution < 1.29 is 24.5 Å². The Kier molecular flexibility index (Phi) is 7.51. The van der Waals surface area contributed by atoms with Gasteiger partial charge < -0.3 is 26.0 Å². The minimum absolute atomic E-state index is 0.164. The van der Waals surface area contributed by atoms with Crippen molar-refractivity contribution in [3.8, 4) is 11.5 Å². The summed E-state index contributed by atoms with van der Waals surface area (Å²) >= 11 is 0. The number of phenolic OH excluding ortho intramolecular Hbond substituents is 2. The zero-order chi connectivity index (χ0) is 18.3. The Hall–Kier alpha value is -2.28. The third-order valence-corrected chi connectivity index (χ3v) is 3.43. The molecule has 5 N–H and O–H groups in total. The largest absolute Gasteiger partial charge is 0.504 e. The number of phenols is 2. The molecule has 7 heteroatoms. The van der Waals surface area contributed by atoms with E-state index in [4.69, 9.17) is 10.5 Å². The van der Waals surface area contributed by atoms with Crippen LogP contribution in [0.4, 0.5) is 0 Å². The number of hydrogen-bond donors (Lipinski definition) is 4. The molecule has 0 spiro atoms. The molecule has 0 aromatic heterocycles. The van der Waals surface area contributed by atoms with Crippen molar-refractivity contribution in [1.29, 1.82) is 0 Å². The van der Waals surface area contributed by atoms with E-state index in [0.29, 0.717) is 12.0 Å². The summed E-state index contributed by atoms with van der Waals surface area (Å²) in [7, 11) is 0. The van der Waals surface area contributed by atoms with E-state index in [9.17, 15) is 19.8 Å². The van der Waals surface area contributed by atoms with Gasteiger partial charge in [0.05, 0.1) is 12.6 Å². The molecule has 0 aliphatic rings. The Morgan fingerprint density at radius 2 is 1.92 bits per heavy atom. The highest BCUT2D eigenvalue weighted by molar-refractivity contribution is 5.87. The first-order valence-electron chi connectivity index (χ1n) is 7.98. The van der Waals surface area contributed by atoms with Crippen LogP contribution in [-0.2, 0) is 20.7 Å². The molecule has 0 aliphatic carbocycles. The van der Waals surface area contributed by atoms with Gasteiger partial charge in [-0.05, 0) is 43.4 Å². The van der Waals surface area contributed by atoms with Crippen LogP contribution in [0.2, 0.25) is 0 Å². The molecule has 1 aromatic rings. The fourth-order valence-corrected chi connectivity index (χ4v) is 2.25. The van der Waals surface area contributed by atoms with Crippen LogP contribution in [0.1, 0.15) is 32.8 Å². The van der Waals surface area contributed by atoms with Gasteiger partial charge in [-0.1, -0.05) is 19.9 Å². The highest BCUT2D eigenvalue weighted by Gasteiger charge is 2.25. The van der Waals surface area contributed by atoms with Gasteiger partial charge in [-0.3, -0.25) is 4.79 Å². The molecule has 0 aliphatic heterocycles. The van der Waals surface area contributed by atoms with Crippen molar-refractivity contribution in [2.45, 2.75) is 45.7 Å². The van der Waals surface area contributed by atoms with Crippen LogP contribution in [0.3, 0.4) is 0 Å². The topological polar surface area (TPSA) is 122 Å². The van der Waals surface area contributed by atoms with Crippen LogP contribution >= 0.6 is 0 Å². The SMILES string of the molecule is CCOC(=O)[C@H](CC(C)C)NC(=O)[C@@H](N)Cc1ccc(O)c(O)c1. The van der Waals surface area contributed by atoms with Crippen LogP contribution in [-0.4, -0.2) is 40.8 Å². The van der Waals surface area contributed by atoms with E-state index in [2.05, 4.69) is 5.32 Å². The summed E-state index contributed by atoms with van der Waals surface area (Å²) in [5, 5.41) is 21.4. The quantitative estimate of drug-likeness (QED) is 0.415. The van der Waals surface area contributed by atoms with Gasteiger partial charge in [0.1, 0.15) is 6.04 Å². The van der Waals surface area contributed by atoms with E-state index in [-0.39, 0.29) is 30.4 Å². The average molecular weight is 338 g/mol. The lowest BCUT2D eigenvalue weighted by molar-refractivity contribution is -0.148. The molecular formula is C17H26N2O5. The number of nitrogens with one attached hydrogen (secondary N) is 1. The molecule has 1 amide bonds. The number of carbonyl (C=O) groups is 2. The van der Waals surface area contributed by atoms with Crippen molar-refractivity contribution in [3.05, 3.63) is 23.8 Å². The van der Waals surface area contributed by atoms with Gasteiger partial charge in [-0.2, -0.15) is 0 Å². The maximum Gasteiger partial charge on any atom is 0.328 e. The second-order valence-corrected chi connectivity index (χ2v) is 6.08. The minimum Gasteiger partial charge on any atom is -0.504 e. The van der Waals surface area contributed by atoms with E-state index in [1.54, 1.807) is 13.0 Å². The molecule has 7 nitrogen and oxygen atoms in total. The summed E-state index contributed by atoms with van der Waals surface area (Å²) in [4.78, 5) is 24.2. The lowest BCUT2D eigenvalue weighted by Gasteiger charge is -2.21. The average Bonchev–Trinajstić information content (AvgIpc) is 2.50. The summed E-state index contributed by atoms with van der Waals surface area (Å²) in [6.45, 7) is 5.83. The molecule has 24 heavy (non-hydrogen) atoms. The van der Waals surface area contributed by atoms with Gasteiger partial charge in [0, 0.05) is 0 Å². The molecule has 2 atom stereocenters. The van der Waals surface area contributed by atoms with Crippen LogP contribution in [0.25, 0.3) is 0 Å². The van der Waals surface area contributed by atoms with Gasteiger partial charge in [-0.25, -0.2) is 4.79 Å². The number of ether oxygens (including phenoxy) is 1. The Morgan fingerprint density at radius 1 is 1.25 bits per heavy atom. The smallest absolute Gasteiger partial charge is 0.328 e. The van der Waals surface area contributed by atoms with Gasteiger partial charge in [-0.15, -0.1) is 0 Å². The summed E-state index contributed by atoms with van der Waals surface area (Å²) in [5.74, 6) is -1.26. The number of nitrogens with two attached hydrogens (primary N) is 1. The van der Waals surface area contributed by atoms with Crippen LogP contribution in [0.15, 0.2) is 18.2 Å². The molecule has 1 aromatic carbocycles. The van der Waals surface area contributed by atoms with Crippen molar-refractivity contribution in [2.75, 3.05) is 6.61 Å². The number of rotatable bonds is 8. The molecule has 0 saturated heterocycles. The molecular weight excluding hydrogens is 312 g/mol. The molecule has 134 valence electrons.